The van der Waals surface area contributed by atoms with Crippen LogP contribution < -0.4 is 5.32 Å². The lowest BCUT2D eigenvalue weighted by Gasteiger charge is -2.46. The maximum absolute atomic E-state index is 12.2. The summed E-state index contributed by atoms with van der Waals surface area (Å²) in [4.78, 5) is 37.8. The molecule has 8 nitrogen and oxygen atoms in total. The molecule has 0 bridgehead atoms. The zero-order chi connectivity index (χ0) is 19.7. The van der Waals surface area contributed by atoms with Crippen LogP contribution in [-0.2, 0) is 18.8 Å². The van der Waals surface area contributed by atoms with Crippen LogP contribution in [-0.4, -0.2) is 53.7 Å². The van der Waals surface area contributed by atoms with Crippen LogP contribution in [0.15, 0.2) is 0 Å². The van der Waals surface area contributed by atoms with E-state index >= 15 is 0 Å². The van der Waals surface area contributed by atoms with Gasteiger partial charge in [0.2, 0.25) is 5.91 Å². The number of rotatable bonds is 7. The Morgan fingerprint density at radius 2 is 1.84 bits per heavy atom. The minimum Gasteiger partial charge on any atom is -0.472 e. The van der Waals surface area contributed by atoms with Crippen molar-refractivity contribution >= 4 is 31.7 Å². The van der Waals surface area contributed by atoms with Crippen molar-refractivity contribution in [1.82, 2.24) is 5.32 Å². The first-order chi connectivity index (χ1) is 11.2. The van der Waals surface area contributed by atoms with Crippen LogP contribution >= 0.6 is 0 Å². The summed E-state index contributed by atoms with van der Waals surface area (Å²) in [6.45, 7) is 13.7. The van der Waals surface area contributed by atoms with Gasteiger partial charge in [0.15, 0.2) is 8.32 Å². The van der Waals surface area contributed by atoms with Crippen LogP contribution in [0.5, 0.6) is 0 Å². The average Bonchev–Trinajstić information content (AvgIpc) is 2.41. The van der Waals surface area contributed by atoms with Crippen molar-refractivity contribution in [3.05, 3.63) is 5.53 Å². The standard InChI is InChI=1S/C16H27N3O5Si/c1-8(13(20)12(19-17)15(22)23)11-10(14(21)18-11)9(2)24-25(6,7)16(3,4)5/h8-11H,1-7H3,(H,18,21)(H,22,23)/t8?,9?,10-,11-/m1/s1. The van der Waals surface area contributed by atoms with Crippen LogP contribution in [0.4, 0.5) is 0 Å². The largest absolute Gasteiger partial charge is 0.472 e. The number of hydrogen-bond donors (Lipinski definition) is 2. The number of aliphatic carboxylic acids is 1. The molecular weight excluding hydrogens is 342 g/mol. The molecule has 0 aromatic rings. The van der Waals surface area contributed by atoms with E-state index < -0.39 is 49.8 Å². The molecule has 1 amide bonds. The molecule has 1 rings (SSSR count). The van der Waals surface area contributed by atoms with E-state index in [1.54, 1.807) is 6.92 Å². The summed E-state index contributed by atoms with van der Waals surface area (Å²) >= 11 is 0. The number of carbonyl (C=O) groups excluding carboxylic acids is 2. The highest BCUT2D eigenvalue weighted by Crippen LogP contribution is 2.39. The predicted octanol–water partition coefficient (Wildman–Crippen LogP) is 1.47. The molecule has 25 heavy (non-hydrogen) atoms. The molecule has 140 valence electrons. The zero-order valence-electron chi connectivity index (χ0n) is 15.8. The van der Waals surface area contributed by atoms with Gasteiger partial charge in [0, 0.05) is 5.92 Å². The second-order valence-electron chi connectivity index (χ2n) is 8.05. The first kappa shape index (κ1) is 21.2. The molecule has 0 radical (unpaired) electrons. The van der Waals surface area contributed by atoms with E-state index in [1.165, 1.54) is 6.92 Å². The van der Waals surface area contributed by atoms with Crippen LogP contribution in [0.1, 0.15) is 34.6 Å². The number of nitrogens with zero attached hydrogens (tertiary/aromatic N) is 2. The number of β-lactam (4-membered cyclic amide) rings is 1. The Kier molecular flexibility index (Phi) is 6.10. The molecule has 2 N–H and O–H groups in total. The molecule has 4 atom stereocenters. The fraction of sp³-hybridized carbons (Fsp3) is 0.750. The molecular formula is C16H27N3O5Si. The van der Waals surface area contributed by atoms with Gasteiger partial charge in [-0.3, -0.25) is 9.59 Å². The number of nitrogens with one attached hydrogen (secondary N) is 1. The van der Waals surface area contributed by atoms with Crippen molar-refractivity contribution in [3.63, 3.8) is 0 Å². The predicted molar refractivity (Wildman–Crippen MR) is 93.6 cm³/mol. The average molecular weight is 369 g/mol. The van der Waals surface area contributed by atoms with Crippen molar-refractivity contribution in [2.45, 2.75) is 64.9 Å². The highest BCUT2D eigenvalue weighted by Gasteiger charge is 2.52. The van der Waals surface area contributed by atoms with Gasteiger partial charge in [-0.2, -0.15) is 4.79 Å². The van der Waals surface area contributed by atoms with Gasteiger partial charge in [-0.15, -0.1) is 0 Å². The molecule has 1 saturated heterocycles. The molecule has 0 spiro atoms. The molecule has 2 unspecified atom stereocenters. The summed E-state index contributed by atoms with van der Waals surface area (Å²) in [5.74, 6) is -4.05. The summed E-state index contributed by atoms with van der Waals surface area (Å²) in [6.07, 6.45) is -0.408. The van der Waals surface area contributed by atoms with Crippen molar-refractivity contribution in [3.8, 4) is 0 Å². The number of ketones is 1. The Labute approximate surface area is 148 Å². The molecule has 1 fully saturated rings. The molecule has 0 aromatic carbocycles. The van der Waals surface area contributed by atoms with Gasteiger partial charge < -0.3 is 20.4 Å². The SMILES string of the molecule is CC(C(=O)C(=[N+]=[N-])C(=O)O)[C@H]1NC(=O)[C@@H]1C(C)O[Si](C)(C)C(C)(C)C. The molecule has 0 aliphatic carbocycles. The van der Waals surface area contributed by atoms with Crippen molar-refractivity contribution < 1.29 is 28.7 Å². The monoisotopic (exact) mass is 369 g/mol. The lowest BCUT2D eigenvalue weighted by atomic mass is 9.76. The minimum absolute atomic E-state index is 0.0293. The van der Waals surface area contributed by atoms with Crippen LogP contribution in [0.25, 0.3) is 5.53 Å². The first-order valence-electron chi connectivity index (χ1n) is 8.22. The van der Waals surface area contributed by atoms with Crippen LogP contribution in [0, 0.1) is 11.8 Å². The maximum Gasteiger partial charge on any atom is 0.441 e. The fourth-order valence-electron chi connectivity index (χ4n) is 2.65. The molecule has 9 heteroatoms. The molecule has 1 aliphatic heterocycles. The van der Waals surface area contributed by atoms with Gasteiger partial charge in [0.25, 0.3) is 5.78 Å². The third-order valence-electron chi connectivity index (χ3n) is 5.28. The van der Waals surface area contributed by atoms with E-state index in [9.17, 15) is 14.4 Å². The van der Waals surface area contributed by atoms with Gasteiger partial charge in [0.05, 0.1) is 18.1 Å². The number of Topliss-reactive ketones (excluding diaryl/α,β-unsaturated/α-hetero) is 1. The Morgan fingerprint density at radius 3 is 2.20 bits per heavy atom. The zero-order valence-corrected chi connectivity index (χ0v) is 16.8. The van der Waals surface area contributed by atoms with Gasteiger partial charge in [-0.1, -0.05) is 27.7 Å². The van der Waals surface area contributed by atoms with E-state index in [0.717, 1.165) is 0 Å². The summed E-state index contributed by atoms with van der Waals surface area (Å²) in [7, 11) is -2.10. The van der Waals surface area contributed by atoms with E-state index in [4.69, 9.17) is 15.1 Å². The number of amides is 1. The van der Waals surface area contributed by atoms with Crippen molar-refractivity contribution in [2.75, 3.05) is 0 Å². The number of hydrogen-bond acceptors (Lipinski definition) is 4. The summed E-state index contributed by atoms with van der Waals surface area (Å²) in [5, 5.41) is 11.5. The summed E-state index contributed by atoms with van der Waals surface area (Å²) in [6, 6.07) is -0.559. The molecule has 1 aliphatic rings. The lowest BCUT2D eigenvalue weighted by Crippen LogP contribution is -2.67. The van der Waals surface area contributed by atoms with Gasteiger partial charge in [0.1, 0.15) is 0 Å². The van der Waals surface area contributed by atoms with Crippen LogP contribution in [0.2, 0.25) is 18.1 Å². The van der Waals surface area contributed by atoms with Crippen molar-refractivity contribution in [1.29, 1.82) is 0 Å². The minimum atomic E-state index is -2.10. The van der Waals surface area contributed by atoms with Crippen molar-refractivity contribution in [2.24, 2.45) is 11.8 Å². The number of carbonyl (C=O) groups is 3. The Hall–Kier alpha value is -1.83. The third kappa shape index (κ3) is 4.23. The molecule has 0 aromatic heterocycles. The molecule has 0 saturated carbocycles. The summed E-state index contributed by atoms with van der Waals surface area (Å²) < 4.78 is 6.24. The second-order valence-corrected chi connectivity index (χ2v) is 12.8. The van der Waals surface area contributed by atoms with Crippen LogP contribution in [0.3, 0.4) is 0 Å². The molecule has 1 heterocycles. The quantitative estimate of drug-likeness (QED) is 0.175. The van der Waals surface area contributed by atoms with Gasteiger partial charge in [-0.25, -0.2) is 4.79 Å². The van der Waals surface area contributed by atoms with E-state index in [0.29, 0.717) is 0 Å². The summed E-state index contributed by atoms with van der Waals surface area (Å²) in [5.41, 5.74) is 7.80. The van der Waals surface area contributed by atoms with E-state index in [1.807, 2.05) is 0 Å². The first-order valence-corrected chi connectivity index (χ1v) is 11.1. The van der Waals surface area contributed by atoms with Gasteiger partial charge in [-0.05, 0) is 25.1 Å². The topological polar surface area (TPSA) is 129 Å². The highest BCUT2D eigenvalue weighted by atomic mass is 28.4. The smallest absolute Gasteiger partial charge is 0.441 e. The van der Waals surface area contributed by atoms with E-state index in [-0.39, 0.29) is 10.9 Å². The van der Waals surface area contributed by atoms with Gasteiger partial charge >= 0.3 is 11.7 Å². The second kappa shape index (κ2) is 7.19. The fourth-order valence-corrected chi connectivity index (χ4v) is 4.08. The third-order valence-corrected chi connectivity index (χ3v) is 9.85. The Morgan fingerprint density at radius 1 is 1.32 bits per heavy atom. The number of carboxylic acid groups (broad SMARTS) is 1. The normalized spacial score (nSPS) is 22.9. The lowest BCUT2D eigenvalue weighted by molar-refractivity contribution is -0.144. The van der Waals surface area contributed by atoms with E-state index in [2.05, 4.69) is 44.0 Å². The highest BCUT2D eigenvalue weighted by molar-refractivity contribution is 6.74. The Bertz CT molecular complexity index is 634. The number of carboxylic acids is 1. The Balaban J connectivity index is 2.94. The maximum atomic E-state index is 12.2.